The van der Waals surface area contributed by atoms with E-state index < -0.39 is 0 Å². The van der Waals surface area contributed by atoms with Crippen LogP contribution in [0.25, 0.3) is 0 Å². The SMILES string of the molecule is Cc1ccnc(C(=O)/C=C\N(C)C)c1. The summed E-state index contributed by atoms with van der Waals surface area (Å²) >= 11 is 0. The maximum atomic E-state index is 11.5. The molecule has 0 spiro atoms. The minimum Gasteiger partial charge on any atom is -0.383 e. The summed E-state index contributed by atoms with van der Waals surface area (Å²) < 4.78 is 0. The summed E-state index contributed by atoms with van der Waals surface area (Å²) in [5.41, 5.74) is 1.53. The molecule has 14 heavy (non-hydrogen) atoms. The Bertz CT molecular complexity index is 356. The predicted octanol–water partition coefficient (Wildman–Crippen LogP) is 1.65. The van der Waals surface area contributed by atoms with E-state index in [1.54, 1.807) is 18.5 Å². The fourth-order valence-electron chi connectivity index (χ4n) is 0.973. The lowest BCUT2D eigenvalue weighted by Gasteiger charge is -2.02. The van der Waals surface area contributed by atoms with Crippen LogP contribution in [0.1, 0.15) is 16.1 Å². The summed E-state index contributed by atoms with van der Waals surface area (Å²) in [6.45, 7) is 1.94. The second-order valence-corrected chi connectivity index (χ2v) is 3.36. The maximum absolute atomic E-state index is 11.5. The van der Waals surface area contributed by atoms with Crippen LogP contribution in [-0.4, -0.2) is 29.8 Å². The number of pyridine rings is 1. The zero-order valence-electron chi connectivity index (χ0n) is 8.69. The number of aryl methyl sites for hydroxylation is 1. The molecule has 1 aromatic rings. The standard InChI is InChI=1S/C11H14N2O/c1-9-4-6-12-10(8-9)11(14)5-7-13(2)3/h4-8H,1-3H3/b7-5-. The van der Waals surface area contributed by atoms with Gasteiger partial charge in [-0.3, -0.25) is 9.78 Å². The molecule has 0 atom stereocenters. The van der Waals surface area contributed by atoms with E-state index in [1.165, 1.54) is 6.08 Å². The molecule has 1 heterocycles. The molecule has 0 unspecified atom stereocenters. The van der Waals surface area contributed by atoms with E-state index in [9.17, 15) is 4.79 Å². The first-order chi connectivity index (χ1) is 6.59. The van der Waals surface area contributed by atoms with Crippen LogP contribution in [0, 0.1) is 6.92 Å². The second-order valence-electron chi connectivity index (χ2n) is 3.36. The molecule has 0 aliphatic rings. The Morgan fingerprint density at radius 2 is 2.21 bits per heavy atom. The van der Waals surface area contributed by atoms with Crippen molar-refractivity contribution in [2.24, 2.45) is 0 Å². The van der Waals surface area contributed by atoms with E-state index >= 15 is 0 Å². The first kappa shape index (κ1) is 10.4. The Balaban J connectivity index is 2.80. The number of aromatic nitrogens is 1. The molecule has 74 valence electrons. The molecular formula is C11H14N2O. The van der Waals surface area contributed by atoms with Crippen LogP contribution in [0.15, 0.2) is 30.6 Å². The van der Waals surface area contributed by atoms with Crippen LogP contribution in [0.3, 0.4) is 0 Å². The van der Waals surface area contributed by atoms with Gasteiger partial charge in [0.05, 0.1) is 0 Å². The summed E-state index contributed by atoms with van der Waals surface area (Å²) in [7, 11) is 3.74. The fraction of sp³-hybridized carbons (Fsp3) is 0.273. The molecule has 0 fully saturated rings. The van der Waals surface area contributed by atoms with E-state index in [-0.39, 0.29) is 5.78 Å². The fourth-order valence-corrected chi connectivity index (χ4v) is 0.973. The molecule has 0 saturated carbocycles. The lowest BCUT2D eigenvalue weighted by atomic mass is 10.2. The van der Waals surface area contributed by atoms with E-state index in [1.807, 2.05) is 32.0 Å². The topological polar surface area (TPSA) is 33.2 Å². The summed E-state index contributed by atoms with van der Waals surface area (Å²) in [6, 6.07) is 3.65. The second kappa shape index (κ2) is 4.56. The number of nitrogens with zero attached hydrogens (tertiary/aromatic N) is 2. The van der Waals surface area contributed by atoms with Crippen molar-refractivity contribution in [1.29, 1.82) is 0 Å². The van der Waals surface area contributed by atoms with Crippen molar-refractivity contribution in [2.45, 2.75) is 6.92 Å². The Kier molecular flexibility index (Phi) is 3.40. The predicted molar refractivity (Wildman–Crippen MR) is 56.1 cm³/mol. The van der Waals surface area contributed by atoms with Gasteiger partial charge in [-0.05, 0) is 24.6 Å². The van der Waals surface area contributed by atoms with E-state index in [4.69, 9.17) is 0 Å². The van der Waals surface area contributed by atoms with Crippen molar-refractivity contribution in [3.05, 3.63) is 41.9 Å². The molecular weight excluding hydrogens is 176 g/mol. The maximum Gasteiger partial charge on any atom is 0.205 e. The van der Waals surface area contributed by atoms with Crippen molar-refractivity contribution < 1.29 is 4.79 Å². The van der Waals surface area contributed by atoms with Crippen LogP contribution < -0.4 is 0 Å². The molecule has 0 aliphatic heterocycles. The smallest absolute Gasteiger partial charge is 0.205 e. The van der Waals surface area contributed by atoms with Gasteiger partial charge in [-0.1, -0.05) is 0 Å². The van der Waals surface area contributed by atoms with Gasteiger partial charge in [0.1, 0.15) is 5.69 Å². The van der Waals surface area contributed by atoms with Crippen LogP contribution in [-0.2, 0) is 0 Å². The molecule has 1 rings (SSSR count). The first-order valence-electron chi connectivity index (χ1n) is 4.41. The third-order valence-electron chi connectivity index (χ3n) is 1.69. The zero-order valence-corrected chi connectivity index (χ0v) is 8.69. The van der Waals surface area contributed by atoms with Gasteiger partial charge in [-0.25, -0.2) is 0 Å². The minimum atomic E-state index is -0.0672. The van der Waals surface area contributed by atoms with Crippen LogP contribution >= 0.6 is 0 Å². The number of hydrogen-bond donors (Lipinski definition) is 0. The van der Waals surface area contributed by atoms with Gasteiger partial charge < -0.3 is 4.90 Å². The molecule has 0 radical (unpaired) electrons. The number of rotatable bonds is 3. The molecule has 0 N–H and O–H groups in total. The van der Waals surface area contributed by atoms with Crippen LogP contribution in [0.4, 0.5) is 0 Å². The quantitative estimate of drug-likeness (QED) is 0.536. The summed E-state index contributed by atoms with van der Waals surface area (Å²) in [6.07, 6.45) is 4.88. The summed E-state index contributed by atoms with van der Waals surface area (Å²) in [5, 5.41) is 0. The highest BCUT2D eigenvalue weighted by molar-refractivity contribution is 6.02. The van der Waals surface area contributed by atoms with Gasteiger partial charge in [-0.15, -0.1) is 0 Å². The van der Waals surface area contributed by atoms with Crippen molar-refractivity contribution >= 4 is 5.78 Å². The number of carbonyl (C=O) groups is 1. The molecule has 0 saturated heterocycles. The average molecular weight is 190 g/mol. The largest absolute Gasteiger partial charge is 0.383 e. The first-order valence-corrected chi connectivity index (χ1v) is 4.41. The van der Waals surface area contributed by atoms with Gasteiger partial charge in [-0.2, -0.15) is 0 Å². The van der Waals surface area contributed by atoms with Gasteiger partial charge in [0.25, 0.3) is 0 Å². The van der Waals surface area contributed by atoms with Gasteiger partial charge in [0.2, 0.25) is 5.78 Å². The highest BCUT2D eigenvalue weighted by Gasteiger charge is 2.02. The number of allylic oxidation sites excluding steroid dienone is 1. The van der Waals surface area contributed by atoms with Gasteiger partial charge in [0, 0.05) is 32.6 Å². The summed E-state index contributed by atoms with van der Waals surface area (Å²) in [4.78, 5) is 17.3. The Morgan fingerprint density at radius 1 is 1.50 bits per heavy atom. The Morgan fingerprint density at radius 3 is 2.79 bits per heavy atom. The number of hydrogen-bond acceptors (Lipinski definition) is 3. The van der Waals surface area contributed by atoms with E-state index in [2.05, 4.69) is 4.98 Å². The van der Waals surface area contributed by atoms with Crippen molar-refractivity contribution in [3.8, 4) is 0 Å². The molecule has 0 amide bonds. The number of ketones is 1. The van der Waals surface area contributed by atoms with Crippen LogP contribution in [0.2, 0.25) is 0 Å². The molecule has 3 nitrogen and oxygen atoms in total. The lowest BCUT2D eigenvalue weighted by Crippen LogP contribution is -2.04. The Hall–Kier alpha value is -1.64. The third kappa shape index (κ3) is 3.01. The normalized spacial score (nSPS) is 10.5. The van der Waals surface area contributed by atoms with Gasteiger partial charge >= 0.3 is 0 Å². The molecule has 3 heteroatoms. The highest BCUT2D eigenvalue weighted by atomic mass is 16.1. The Labute approximate surface area is 84.1 Å². The van der Waals surface area contributed by atoms with Crippen molar-refractivity contribution in [2.75, 3.05) is 14.1 Å². The van der Waals surface area contributed by atoms with Crippen LogP contribution in [0.5, 0.6) is 0 Å². The molecule has 0 aromatic carbocycles. The number of carbonyl (C=O) groups excluding carboxylic acids is 1. The van der Waals surface area contributed by atoms with E-state index in [0.29, 0.717) is 5.69 Å². The molecule has 0 aliphatic carbocycles. The monoisotopic (exact) mass is 190 g/mol. The summed E-state index contributed by atoms with van der Waals surface area (Å²) in [5.74, 6) is -0.0672. The van der Waals surface area contributed by atoms with Crippen molar-refractivity contribution in [3.63, 3.8) is 0 Å². The van der Waals surface area contributed by atoms with Crippen molar-refractivity contribution in [1.82, 2.24) is 9.88 Å². The molecule has 0 bridgehead atoms. The minimum absolute atomic E-state index is 0.0672. The van der Waals surface area contributed by atoms with E-state index in [0.717, 1.165) is 5.56 Å². The average Bonchev–Trinajstić information content (AvgIpc) is 2.14. The zero-order chi connectivity index (χ0) is 10.6. The third-order valence-corrected chi connectivity index (χ3v) is 1.69. The molecule has 1 aromatic heterocycles. The lowest BCUT2D eigenvalue weighted by molar-refractivity contribution is 0.104. The highest BCUT2D eigenvalue weighted by Crippen LogP contribution is 2.01. The van der Waals surface area contributed by atoms with Gasteiger partial charge in [0.15, 0.2) is 0 Å².